The van der Waals surface area contributed by atoms with Crippen LogP contribution in [-0.4, -0.2) is 22.8 Å². The Bertz CT molecular complexity index is 737. The second kappa shape index (κ2) is 6.61. The van der Waals surface area contributed by atoms with Crippen LogP contribution in [0.2, 0.25) is 0 Å². The summed E-state index contributed by atoms with van der Waals surface area (Å²) in [5.74, 6) is 0.116. The van der Waals surface area contributed by atoms with Gasteiger partial charge in [-0.1, -0.05) is 43.3 Å². The molecule has 3 nitrogen and oxygen atoms in total. The van der Waals surface area contributed by atoms with Crippen LogP contribution >= 0.6 is 11.8 Å². The Balaban J connectivity index is 1.90. The van der Waals surface area contributed by atoms with Crippen LogP contribution in [0.15, 0.2) is 53.4 Å². The van der Waals surface area contributed by atoms with Crippen molar-refractivity contribution in [1.82, 2.24) is 0 Å². The fraction of sp³-hybridized carbons (Fsp3) is 0.350. The number of hydrogen-bond acceptors (Lipinski definition) is 3. The first-order chi connectivity index (χ1) is 11.3. The number of benzene rings is 2. The van der Waals surface area contributed by atoms with Crippen molar-refractivity contribution in [2.24, 2.45) is 0 Å². The fourth-order valence-corrected chi connectivity index (χ4v) is 4.07. The summed E-state index contributed by atoms with van der Waals surface area (Å²) in [7, 11) is 0. The number of carbonyl (C=O) groups excluding carboxylic acids is 1. The van der Waals surface area contributed by atoms with Crippen molar-refractivity contribution in [2.45, 2.75) is 42.9 Å². The highest BCUT2D eigenvalue weighted by molar-refractivity contribution is 8.00. The van der Waals surface area contributed by atoms with Gasteiger partial charge in [-0.2, -0.15) is 0 Å². The average molecular weight is 341 g/mol. The molecule has 0 spiro atoms. The summed E-state index contributed by atoms with van der Waals surface area (Å²) in [6.45, 7) is 6.41. The average Bonchev–Trinajstić information content (AvgIpc) is 2.53. The number of rotatable bonds is 3. The van der Waals surface area contributed by atoms with Gasteiger partial charge in [0.1, 0.15) is 0 Å². The van der Waals surface area contributed by atoms with Gasteiger partial charge < -0.3 is 10.0 Å². The standard InChI is InChI=1S/C20H23NO2S/c1-14-13-21(19(22)11-15-7-5-4-6-8-15)17-10-9-16(20(2,3)23)12-18(17)24-14/h4-10,12,14,23H,11,13H2,1-3H3. The van der Waals surface area contributed by atoms with Crippen LogP contribution in [0.5, 0.6) is 0 Å². The lowest BCUT2D eigenvalue weighted by molar-refractivity contribution is -0.118. The number of aliphatic hydroxyl groups is 1. The van der Waals surface area contributed by atoms with Crippen molar-refractivity contribution in [2.75, 3.05) is 11.4 Å². The number of amides is 1. The zero-order valence-electron chi connectivity index (χ0n) is 14.3. The maximum Gasteiger partial charge on any atom is 0.231 e. The zero-order chi connectivity index (χ0) is 17.3. The van der Waals surface area contributed by atoms with E-state index in [1.54, 1.807) is 25.6 Å². The molecule has 0 radical (unpaired) electrons. The van der Waals surface area contributed by atoms with E-state index >= 15 is 0 Å². The molecule has 1 heterocycles. The third-order valence-electron chi connectivity index (χ3n) is 4.22. The Labute approximate surface area is 147 Å². The van der Waals surface area contributed by atoms with Crippen molar-refractivity contribution in [3.05, 3.63) is 59.7 Å². The molecule has 1 atom stereocenters. The minimum absolute atomic E-state index is 0.116. The quantitative estimate of drug-likeness (QED) is 0.918. The predicted molar refractivity (Wildman–Crippen MR) is 99.5 cm³/mol. The van der Waals surface area contributed by atoms with Crippen molar-refractivity contribution in [3.8, 4) is 0 Å². The third-order valence-corrected chi connectivity index (χ3v) is 5.36. The van der Waals surface area contributed by atoms with Gasteiger partial charge in [0, 0.05) is 16.7 Å². The first kappa shape index (κ1) is 17.1. The molecule has 24 heavy (non-hydrogen) atoms. The number of anilines is 1. The van der Waals surface area contributed by atoms with Crippen LogP contribution in [-0.2, 0) is 16.8 Å². The first-order valence-electron chi connectivity index (χ1n) is 8.22. The molecule has 2 aromatic rings. The lowest BCUT2D eigenvalue weighted by atomic mass is 9.98. The number of fused-ring (bicyclic) bond motifs is 1. The third kappa shape index (κ3) is 3.65. The molecule has 0 bridgehead atoms. The summed E-state index contributed by atoms with van der Waals surface area (Å²) in [5, 5.41) is 10.6. The summed E-state index contributed by atoms with van der Waals surface area (Å²) < 4.78 is 0. The molecule has 0 aromatic heterocycles. The van der Waals surface area contributed by atoms with Crippen molar-refractivity contribution in [3.63, 3.8) is 0 Å². The zero-order valence-corrected chi connectivity index (χ0v) is 15.1. The molecule has 2 aromatic carbocycles. The van der Waals surface area contributed by atoms with Gasteiger partial charge in [-0.3, -0.25) is 4.79 Å². The molecule has 3 rings (SSSR count). The Morgan fingerprint density at radius 2 is 1.96 bits per heavy atom. The maximum absolute atomic E-state index is 12.8. The number of thioether (sulfide) groups is 1. The highest BCUT2D eigenvalue weighted by atomic mass is 32.2. The van der Waals surface area contributed by atoms with Crippen LogP contribution in [0.25, 0.3) is 0 Å². The monoisotopic (exact) mass is 341 g/mol. The van der Waals surface area contributed by atoms with Crippen LogP contribution in [0.4, 0.5) is 5.69 Å². The van der Waals surface area contributed by atoms with Gasteiger partial charge in [0.2, 0.25) is 5.91 Å². The maximum atomic E-state index is 12.8. The number of hydrogen-bond donors (Lipinski definition) is 1. The molecule has 126 valence electrons. The Morgan fingerprint density at radius 1 is 1.25 bits per heavy atom. The van der Waals surface area contributed by atoms with Gasteiger partial charge in [-0.25, -0.2) is 0 Å². The van der Waals surface area contributed by atoms with E-state index in [1.165, 1.54) is 0 Å². The molecule has 0 aliphatic carbocycles. The van der Waals surface area contributed by atoms with Gasteiger partial charge >= 0.3 is 0 Å². The second-order valence-electron chi connectivity index (χ2n) is 6.84. The summed E-state index contributed by atoms with van der Waals surface area (Å²) in [4.78, 5) is 15.8. The Hall–Kier alpha value is -1.78. The van der Waals surface area contributed by atoms with E-state index in [0.29, 0.717) is 18.2 Å². The SMILES string of the molecule is CC1CN(C(=O)Cc2ccccc2)c2ccc(C(C)(C)O)cc2S1. The van der Waals surface area contributed by atoms with Gasteiger partial charge in [0.25, 0.3) is 0 Å². The summed E-state index contributed by atoms with van der Waals surface area (Å²) in [6, 6.07) is 15.7. The highest BCUT2D eigenvalue weighted by Crippen LogP contribution is 2.40. The van der Waals surface area contributed by atoms with E-state index in [0.717, 1.165) is 21.7 Å². The van der Waals surface area contributed by atoms with Crippen molar-refractivity contribution < 1.29 is 9.90 Å². The van der Waals surface area contributed by atoms with Crippen LogP contribution in [0, 0.1) is 0 Å². The van der Waals surface area contributed by atoms with E-state index in [-0.39, 0.29) is 5.91 Å². The Kier molecular flexibility index (Phi) is 4.70. The molecular formula is C20H23NO2S. The van der Waals surface area contributed by atoms with Crippen LogP contribution in [0.3, 0.4) is 0 Å². The summed E-state index contributed by atoms with van der Waals surface area (Å²) in [5.41, 5.74) is 1.98. The molecular weight excluding hydrogens is 318 g/mol. The molecule has 1 aliphatic rings. The van der Waals surface area contributed by atoms with Crippen LogP contribution in [0.1, 0.15) is 31.9 Å². The molecule has 0 saturated heterocycles. The molecule has 1 amide bonds. The topological polar surface area (TPSA) is 40.5 Å². The van der Waals surface area contributed by atoms with Gasteiger partial charge in [-0.05, 0) is 37.1 Å². The first-order valence-corrected chi connectivity index (χ1v) is 9.10. The summed E-state index contributed by atoms with van der Waals surface area (Å²) in [6.07, 6.45) is 0.408. The lowest BCUT2D eigenvalue weighted by Gasteiger charge is -2.34. The van der Waals surface area contributed by atoms with E-state index in [9.17, 15) is 9.90 Å². The molecule has 0 fully saturated rings. The minimum Gasteiger partial charge on any atom is -0.386 e. The van der Waals surface area contributed by atoms with E-state index in [2.05, 4.69) is 6.92 Å². The largest absolute Gasteiger partial charge is 0.386 e. The number of carbonyl (C=O) groups is 1. The molecule has 4 heteroatoms. The molecule has 1 unspecified atom stereocenters. The highest BCUT2D eigenvalue weighted by Gasteiger charge is 2.28. The second-order valence-corrected chi connectivity index (χ2v) is 8.32. The van der Waals surface area contributed by atoms with E-state index in [4.69, 9.17) is 0 Å². The smallest absolute Gasteiger partial charge is 0.231 e. The van der Waals surface area contributed by atoms with Gasteiger partial charge in [0.05, 0.1) is 17.7 Å². The molecule has 0 saturated carbocycles. The normalized spacial score (nSPS) is 17.5. The lowest BCUT2D eigenvalue weighted by Crippen LogP contribution is -2.39. The van der Waals surface area contributed by atoms with E-state index in [1.807, 2.05) is 53.4 Å². The fourth-order valence-electron chi connectivity index (χ4n) is 2.92. The van der Waals surface area contributed by atoms with E-state index < -0.39 is 5.60 Å². The van der Waals surface area contributed by atoms with Crippen molar-refractivity contribution in [1.29, 1.82) is 0 Å². The molecule has 1 aliphatic heterocycles. The van der Waals surface area contributed by atoms with Crippen molar-refractivity contribution >= 4 is 23.4 Å². The van der Waals surface area contributed by atoms with Crippen LogP contribution < -0.4 is 4.90 Å². The summed E-state index contributed by atoms with van der Waals surface area (Å²) >= 11 is 1.76. The predicted octanol–water partition coefficient (Wildman–Crippen LogP) is 3.98. The Morgan fingerprint density at radius 3 is 2.62 bits per heavy atom. The van der Waals surface area contributed by atoms with Gasteiger partial charge in [0.15, 0.2) is 0 Å². The molecule has 1 N–H and O–H groups in total. The minimum atomic E-state index is -0.880. The van der Waals surface area contributed by atoms with Gasteiger partial charge in [-0.15, -0.1) is 11.8 Å². The number of nitrogens with zero attached hydrogens (tertiary/aromatic N) is 1.